The number of hydrogen-bond acceptors (Lipinski definition) is 3. The lowest BCUT2D eigenvalue weighted by Crippen LogP contribution is -2.23. The van der Waals surface area contributed by atoms with E-state index in [0.717, 1.165) is 16.7 Å². The van der Waals surface area contributed by atoms with Crippen molar-refractivity contribution in [1.29, 1.82) is 0 Å². The van der Waals surface area contributed by atoms with Crippen molar-refractivity contribution in [3.8, 4) is 5.75 Å². The van der Waals surface area contributed by atoms with Crippen LogP contribution in [0.2, 0.25) is 0 Å². The molecule has 0 aromatic heterocycles. The van der Waals surface area contributed by atoms with Crippen LogP contribution in [0.4, 0.5) is 5.69 Å². The van der Waals surface area contributed by atoms with Crippen LogP contribution in [0.25, 0.3) is 6.08 Å². The fourth-order valence-corrected chi connectivity index (χ4v) is 2.48. The van der Waals surface area contributed by atoms with Gasteiger partial charge in [0.05, 0.1) is 7.11 Å². The molecule has 0 radical (unpaired) electrons. The highest BCUT2D eigenvalue weighted by molar-refractivity contribution is 6.03. The maximum absolute atomic E-state index is 12.3. The number of hydrogen-bond donors (Lipinski definition) is 2. The quantitative estimate of drug-likeness (QED) is 0.779. The number of nitrogens with one attached hydrogen (secondary N) is 2. The minimum absolute atomic E-state index is 0.164. The molecule has 0 bridgehead atoms. The summed E-state index contributed by atoms with van der Waals surface area (Å²) in [5.74, 6) is 0.266. The number of carbonyl (C=O) groups is 2. The first kappa shape index (κ1) is 19.2. The summed E-state index contributed by atoms with van der Waals surface area (Å²) in [6.45, 7) is 6.27. The maximum Gasteiger partial charge on any atom is 0.251 e. The van der Waals surface area contributed by atoms with Crippen molar-refractivity contribution in [3.05, 3.63) is 64.7 Å². The summed E-state index contributed by atoms with van der Waals surface area (Å²) in [6.07, 6.45) is 3.17. The van der Waals surface area contributed by atoms with Gasteiger partial charge in [-0.25, -0.2) is 0 Å². The minimum atomic E-state index is -0.273. The molecule has 2 rings (SSSR count). The summed E-state index contributed by atoms with van der Waals surface area (Å²) < 4.78 is 5.31. The highest BCUT2D eigenvalue weighted by atomic mass is 16.5. The zero-order valence-electron chi connectivity index (χ0n) is 15.6. The van der Waals surface area contributed by atoms with E-state index in [0.29, 0.717) is 23.5 Å². The molecular formula is C21H24N2O3. The molecule has 26 heavy (non-hydrogen) atoms. The molecule has 5 nitrogen and oxygen atoms in total. The summed E-state index contributed by atoms with van der Waals surface area (Å²) in [5.41, 5.74) is 3.91. The fraction of sp³-hybridized carbons (Fsp3) is 0.238. The number of carbonyl (C=O) groups excluding carboxylic acids is 2. The maximum atomic E-state index is 12.3. The van der Waals surface area contributed by atoms with Gasteiger partial charge in [-0.15, -0.1) is 0 Å². The van der Waals surface area contributed by atoms with Crippen LogP contribution in [-0.4, -0.2) is 25.5 Å². The van der Waals surface area contributed by atoms with E-state index in [1.807, 2.05) is 45.0 Å². The number of benzene rings is 2. The number of aryl methyl sites for hydroxylation is 2. The second-order valence-electron chi connectivity index (χ2n) is 5.96. The van der Waals surface area contributed by atoms with E-state index >= 15 is 0 Å². The molecule has 0 aliphatic rings. The molecule has 0 aliphatic heterocycles. The fourth-order valence-electron chi connectivity index (χ4n) is 2.48. The van der Waals surface area contributed by atoms with Crippen molar-refractivity contribution in [2.75, 3.05) is 19.0 Å². The zero-order chi connectivity index (χ0) is 19.1. The summed E-state index contributed by atoms with van der Waals surface area (Å²) in [5, 5.41) is 5.57. The van der Waals surface area contributed by atoms with Crippen LogP contribution in [-0.2, 0) is 4.79 Å². The Morgan fingerprint density at radius 1 is 1.12 bits per heavy atom. The van der Waals surface area contributed by atoms with E-state index in [1.54, 1.807) is 25.3 Å². The van der Waals surface area contributed by atoms with Crippen LogP contribution in [0.1, 0.15) is 34.0 Å². The Labute approximate surface area is 154 Å². The molecule has 2 amide bonds. The first-order chi connectivity index (χ1) is 12.4. The van der Waals surface area contributed by atoms with Crippen molar-refractivity contribution < 1.29 is 14.3 Å². The standard InChI is InChI=1S/C21H24N2O3/c1-5-22-21(25)17-8-7-15(3)18(13-17)23-20(24)11-9-16-12-14(2)6-10-19(16)26-4/h6-13H,5H2,1-4H3,(H,22,25)(H,23,24)/b11-9+. The van der Waals surface area contributed by atoms with Gasteiger partial charge in [-0.05, 0) is 56.7 Å². The predicted octanol–water partition coefficient (Wildman–Crippen LogP) is 3.71. The first-order valence-corrected chi connectivity index (χ1v) is 8.47. The second kappa shape index (κ2) is 8.85. The summed E-state index contributed by atoms with van der Waals surface area (Å²) in [7, 11) is 1.60. The van der Waals surface area contributed by atoms with Gasteiger partial charge in [0.15, 0.2) is 0 Å². The molecule has 0 saturated heterocycles. The summed E-state index contributed by atoms with van der Waals surface area (Å²) in [6, 6.07) is 11.0. The number of amides is 2. The minimum Gasteiger partial charge on any atom is -0.496 e. The highest BCUT2D eigenvalue weighted by Crippen LogP contribution is 2.21. The molecule has 0 atom stereocenters. The molecule has 5 heteroatoms. The number of ether oxygens (including phenoxy) is 1. The largest absolute Gasteiger partial charge is 0.496 e. The van der Waals surface area contributed by atoms with E-state index in [-0.39, 0.29) is 11.8 Å². The lowest BCUT2D eigenvalue weighted by atomic mass is 10.1. The van der Waals surface area contributed by atoms with Gasteiger partial charge >= 0.3 is 0 Å². The van der Waals surface area contributed by atoms with E-state index < -0.39 is 0 Å². The lowest BCUT2D eigenvalue weighted by molar-refractivity contribution is -0.111. The Morgan fingerprint density at radius 3 is 2.58 bits per heavy atom. The summed E-state index contributed by atoms with van der Waals surface area (Å²) in [4.78, 5) is 24.2. The topological polar surface area (TPSA) is 67.4 Å². The Kier molecular flexibility index (Phi) is 6.55. The van der Waals surface area contributed by atoms with Crippen molar-refractivity contribution >= 4 is 23.6 Å². The Balaban J connectivity index is 2.16. The first-order valence-electron chi connectivity index (χ1n) is 8.47. The Morgan fingerprint density at radius 2 is 1.88 bits per heavy atom. The third-order valence-electron chi connectivity index (χ3n) is 3.89. The zero-order valence-corrected chi connectivity index (χ0v) is 15.6. The van der Waals surface area contributed by atoms with Crippen molar-refractivity contribution in [2.45, 2.75) is 20.8 Å². The molecule has 2 aromatic rings. The third-order valence-corrected chi connectivity index (χ3v) is 3.89. The van der Waals surface area contributed by atoms with Crippen LogP contribution in [0, 0.1) is 13.8 Å². The molecule has 0 unspecified atom stereocenters. The van der Waals surface area contributed by atoms with Crippen LogP contribution in [0.3, 0.4) is 0 Å². The SMILES string of the molecule is CCNC(=O)c1ccc(C)c(NC(=O)/C=C/c2cc(C)ccc2OC)c1. The van der Waals surface area contributed by atoms with E-state index in [2.05, 4.69) is 10.6 Å². The van der Waals surface area contributed by atoms with Gasteiger partial charge in [0, 0.05) is 29.4 Å². The molecule has 0 saturated carbocycles. The van der Waals surface area contributed by atoms with Gasteiger partial charge in [-0.3, -0.25) is 9.59 Å². The lowest BCUT2D eigenvalue weighted by Gasteiger charge is -2.10. The Hall–Kier alpha value is -3.08. The summed E-state index contributed by atoms with van der Waals surface area (Å²) >= 11 is 0. The molecular weight excluding hydrogens is 328 g/mol. The Bertz CT molecular complexity index is 841. The van der Waals surface area contributed by atoms with Crippen LogP contribution in [0.15, 0.2) is 42.5 Å². The van der Waals surface area contributed by atoms with Crippen molar-refractivity contribution in [3.63, 3.8) is 0 Å². The highest BCUT2D eigenvalue weighted by Gasteiger charge is 2.09. The predicted molar refractivity (Wildman–Crippen MR) is 105 cm³/mol. The molecule has 0 spiro atoms. The van der Waals surface area contributed by atoms with E-state index in [4.69, 9.17) is 4.74 Å². The van der Waals surface area contributed by atoms with Gasteiger partial charge < -0.3 is 15.4 Å². The van der Waals surface area contributed by atoms with Crippen molar-refractivity contribution in [1.82, 2.24) is 5.32 Å². The molecule has 0 fully saturated rings. The average Bonchev–Trinajstić information content (AvgIpc) is 2.62. The van der Waals surface area contributed by atoms with E-state index in [1.165, 1.54) is 6.08 Å². The second-order valence-corrected chi connectivity index (χ2v) is 5.96. The van der Waals surface area contributed by atoms with Gasteiger partial charge in [0.1, 0.15) is 5.75 Å². The van der Waals surface area contributed by atoms with Gasteiger partial charge in [-0.2, -0.15) is 0 Å². The molecule has 136 valence electrons. The number of rotatable bonds is 6. The molecule has 2 N–H and O–H groups in total. The normalized spacial score (nSPS) is 10.6. The molecule has 2 aromatic carbocycles. The monoisotopic (exact) mass is 352 g/mol. The number of anilines is 1. The smallest absolute Gasteiger partial charge is 0.251 e. The van der Waals surface area contributed by atoms with Crippen molar-refractivity contribution in [2.24, 2.45) is 0 Å². The van der Waals surface area contributed by atoms with Crippen LogP contribution >= 0.6 is 0 Å². The van der Waals surface area contributed by atoms with Crippen LogP contribution < -0.4 is 15.4 Å². The van der Waals surface area contributed by atoms with Gasteiger partial charge in [0.25, 0.3) is 5.91 Å². The van der Waals surface area contributed by atoms with Crippen LogP contribution in [0.5, 0.6) is 5.75 Å². The molecule has 0 heterocycles. The van der Waals surface area contributed by atoms with E-state index in [9.17, 15) is 9.59 Å². The van der Waals surface area contributed by atoms with Gasteiger partial charge in [0.2, 0.25) is 5.91 Å². The third kappa shape index (κ3) is 4.96. The average molecular weight is 352 g/mol. The number of methoxy groups -OCH3 is 1. The molecule has 0 aliphatic carbocycles. The van der Waals surface area contributed by atoms with Gasteiger partial charge in [-0.1, -0.05) is 17.7 Å².